The van der Waals surface area contributed by atoms with Crippen LogP contribution in [0.4, 0.5) is 24.5 Å². The molecule has 0 saturated heterocycles. The lowest BCUT2D eigenvalue weighted by Gasteiger charge is -2.06. The predicted molar refractivity (Wildman–Crippen MR) is 67.4 cm³/mol. The molecule has 21 heavy (non-hydrogen) atoms. The highest BCUT2D eigenvalue weighted by Crippen LogP contribution is 2.23. The number of halogens is 3. The van der Waals surface area contributed by atoms with E-state index in [2.05, 4.69) is 5.32 Å². The molecule has 8 heteroatoms. The fraction of sp³-hybridized carbons (Fsp3) is 0. The highest BCUT2D eigenvalue weighted by molar-refractivity contribution is 6.07. The molecule has 1 amide bonds. The third-order valence-corrected chi connectivity index (χ3v) is 2.58. The maximum absolute atomic E-state index is 13.1. The van der Waals surface area contributed by atoms with Crippen LogP contribution in [0, 0.1) is 27.6 Å². The Hall–Kier alpha value is -2.90. The summed E-state index contributed by atoms with van der Waals surface area (Å²) in [5, 5.41) is 13.0. The molecular weight excluding hydrogens is 289 g/mol. The zero-order valence-electron chi connectivity index (χ0n) is 10.3. The quantitative estimate of drug-likeness (QED) is 0.698. The molecule has 2 aromatic carbocycles. The minimum Gasteiger partial charge on any atom is -0.322 e. The van der Waals surface area contributed by atoms with E-state index in [0.29, 0.717) is 12.1 Å². The van der Waals surface area contributed by atoms with E-state index in [4.69, 9.17) is 0 Å². The van der Waals surface area contributed by atoms with E-state index in [9.17, 15) is 28.1 Å². The monoisotopic (exact) mass is 296 g/mol. The molecule has 0 saturated carbocycles. The van der Waals surface area contributed by atoms with Crippen LogP contribution in [0.2, 0.25) is 0 Å². The fourth-order valence-corrected chi connectivity index (χ4v) is 1.60. The van der Waals surface area contributed by atoms with Crippen molar-refractivity contribution < 1.29 is 22.9 Å². The summed E-state index contributed by atoms with van der Waals surface area (Å²) in [4.78, 5) is 21.7. The van der Waals surface area contributed by atoms with Gasteiger partial charge < -0.3 is 5.32 Å². The minimum absolute atomic E-state index is 0.153. The summed E-state index contributed by atoms with van der Waals surface area (Å²) in [5.74, 6) is -4.36. The standard InChI is InChI=1S/C13H7F3N2O3/c14-7-1-3-8(4-2-7)17-13(19)9-5-10(15)11(16)6-12(9)18(20)21/h1-6H,(H,17,19). The maximum Gasteiger partial charge on any atom is 0.285 e. The van der Waals surface area contributed by atoms with E-state index in [0.717, 1.165) is 12.1 Å². The third kappa shape index (κ3) is 3.16. The first kappa shape index (κ1) is 14.5. The summed E-state index contributed by atoms with van der Waals surface area (Å²) in [5.41, 5.74) is -1.35. The van der Waals surface area contributed by atoms with E-state index in [1.807, 2.05) is 0 Å². The first-order valence-electron chi connectivity index (χ1n) is 5.59. The molecule has 0 radical (unpaired) electrons. The van der Waals surface area contributed by atoms with Crippen molar-refractivity contribution in [3.63, 3.8) is 0 Å². The molecule has 2 rings (SSSR count). The number of nitro benzene ring substituents is 1. The van der Waals surface area contributed by atoms with Gasteiger partial charge in [-0.2, -0.15) is 0 Å². The van der Waals surface area contributed by atoms with Crippen LogP contribution in [0.1, 0.15) is 10.4 Å². The van der Waals surface area contributed by atoms with Gasteiger partial charge in [-0.3, -0.25) is 14.9 Å². The van der Waals surface area contributed by atoms with E-state index < -0.39 is 39.5 Å². The molecule has 0 aliphatic rings. The van der Waals surface area contributed by atoms with Crippen LogP contribution in [0.15, 0.2) is 36.4 Å². The number of benzene rings is 2. The topological polar surface area (TPSA) is 72.2 Å². The predicted octanol–water partition coefficient (Wildman–Crippen LogP) is 3.26. The van der Waals surface area contributed by atoms with Crippen LogP contribution in [-0.2, 0) is 0 Å². The molecule has 1 N–H and O–H groups in total. The highest BCUT2D eigenvalue weighted by Gasteiger charge is 2.24. The number of anilines is 1. The molecule has 0 heterocycles. The van der Waals surface area contributed by atoms with Crippen LogP contribution in [0.3, 0.4) is 0 Å². The lowest BCUT2D eigenvalue weighted by Crippen LogP contribution is -2.14. The molecule has 0 aromatic heterocycles. The van der Waals surface area contributed by atoms with E-state index in [-0.39, 0.29) is 5.69 Å². The molecule has 0 fully saturated rings. The molecule has 5 nitrogen and oxygen atoms in total. The van der Waals surface area contributed by atoms with Gasteiger partial charge in [0.2, 0.25) is 0 Å². The maximum atomic E-state index is 13.1. The van der Waals surface area contributed by atoms with Gasteiger partial charge in [0.05, 0.1) is 11.0 Å². The second-order valence-corrected chi connectivity index (χ2v) is 4.00. The Bertz CT molecular complexity index is 717. The van der Waals surface area contributed by atoms with Crippen molar-refractivity contribution >= 4 is 17.3 Å². The SMILES string of the molecule is O=C(Nc1ccc(F)cc1)c1cc(F)c(F)cc1[N+](=O)[O-]. The number of hydrogen-bond acceptors (Lipinski definition) is 3. The van der Waals surface area contributed by atoms with Crippen LogP contribution in [-0.4, -0.2) is 10.8 Å². The molecule has 0 bridgehead atoms. The summed E-state index contributed by atoms with van der Waals surface area (Å²) < 4.78 is 38.9. The Morgan fingerprint density at radius 2 is 1.62 bits per heavy atom. The third-order valence-electron chi connectivity index (χ3n) is 2.58. The number of hydrogen-bond donors (Lipinski definition) is 1. The van der Waals surface area contributed by atoms with Crippen LogP contribution < -0.4 is 5.32 Å². The van der Waals surface area contributed by atoms with E-state index in [1.165, 1.54) is 12.1 Å². The number of nitrogens with zero attached hydrogens (tertiary/aromatic N) is 1. The molecule has 0 aliphatic heterocycles. The molecule has 0 unspecified atom stereocenters. The van der Waals surface area contributed by atoms with Gasteiger partial charge in [0.25, 0.3) is 11.6 Å². The van der Waals surface area contributed by atoms with Crippen molar-refractivity contribution in [1.29, 1.82) is 0 Å². The Labute approximate surface area is 116 Å². The number of amides is 1. The van der Waals surface area contributed by atoms with Crippen molar-refractivity contribution in [1.82, 2.24) is 0 Å². The van der Waals surface area contributed by atoms with Crippen LogP contribution in [0.5, 0.6) is 0 Å². The number of nitrogens with one attached hydrogen (secondary N) is 1. The zero-order chi connectivity index (χ0) is 15.6. The van der Waals surface area contributed by atoms with Crippen molar-refractivity contribution in [2.24, 2.45) is 0 Å². The lowest BCUT2D eigenvalue weighted by molar-refractivity contribution is -0.385. The smallest absolute Gasteiger partial charge is 0.285 e. The first-order valence-corrected chi connectivity index (χ1v) is 5.59. The Morgan fingerprint density at radius 1 is 1.05 bits per heavy atom. The van der Waals surface area contributed by atoms with Gasteiger partial charge in [-0.05, 0) is 30.3 Å². The minimum atomic E-state index is -1.43. The summed E-state index contributed by atoms with van der Waals surface area (Å²) in [6.07, 6.45) is 0. The fourth-order valence-electron chi connectivity index (χ4n) is 1.60. The van der Waals surface area contributed by atoms with Crippen LogP contribution in [0.25, 0.3) is 0 Å². The van der Waals surface area contributed by atoms with Gasteiger partial charge in [0.1, 0.15) is 11.4 Å². The summed E-state index contributed by atoms with van der Waals surface area (Å²) in [6, 6.07) is 5.34. The van der Waals surface area contributed by atoms with Crippen molar-refractivity contribution in [2.75, 3.05) is 5.32 Å². The van der Waals surface area contributed by atoms with E-state index in [1.54, 1.807) is 0 Å². The van der Waals surface area contributed by atoms with Crippen molar-refractivity contribution in [2.45, 2.75) is 0 Å². The molecule has 2 aromatic rings. The normalized spacial score (nSPS) is 10.2. The molecular formula is C13H7F3N2O3. The largest absolute Gasteiger partial charge is 0.322 e. The number of nitro groups is 1. The van der Waals surface area contributed by atoms with Gasteiger partial charge in [0.15, 0.2) is 11.6 Å². The number of carbonyl (C=O) groups is 1. The van der Waals surface area contributed by atoms with E-state index >= 15 is 0 Å². The Balaban J connectivity index is 2.36. The highest BCUT2D eigenvalue weighted by atomic mass is 19.2. The number of rotatable bonds is 3. The number of carbonyl (C=O) groups excluding carboxylic acids is 1. The summed E-state index contributed by atoms with van der Waals surface area (Å²) >= 11 is 0. The first-order chi connectivity index (χ1) is 9.88. The zero-order valence-corrected chi connectivity index (χ0v) is 10.3. The van der Waals surface area contributed by atoms with Gasteiger partial charge in [0, 0.05) is 5.69 Å². The van der Waals surface area contributed by atoms with Crippen LogP contribution >= 0.6 is 0 Å². The molecule has 0 aliphatic carbocycles. The van der Waals surface area contributed by atoms with Gasteiger partial charge >= 0.3 is 0 Å². The van der Waals surface area contributed by atoms with Crippen molar-refractivity contribution in [3.05, 3.63) is 69.5 Å². The Kier molecular flexibility index (Phi) is 3.88. The average molecular weight is 296 g/mol. The van der Waals surface area contributed by atoms with Gasteiger partial charge in [-0.1, -0.05) is 0 Å². The lowest BCUT2D eigenvalue weighted by atomic mass is 10.1. The summed E-state index contributed by atoms with van der Waals surface area (Å²) in [6.45, 7) is 0. The average Bonchev–Trinajstić information content (AvgIpc) is 2.43. The second-order valence-electron chi connectivity index (χ2n) is 4.00. The second kappa shape index (κ2) is 5.61. The van der Waals surface area contributed by atoms with Gasteiger partial charge in [-0.25, -0.2) is 13.2 Å². The molecule has 108 valence electrons. The van der Waals surface area contributed by atoms with Gasteiger partial charge in [-0.15, -0.1) is 0 Å². The summed E-state index contributed by atoms with van der Waals surface area (Å²) in [7, 11) is 0. The Morgan fingerprint density at radius 3 is 2.19 bits per heavy atom. The van der Waals surface area contributed by atoms with Crippen molar-refractivity contribution in [3.8, 4) is 0 Å². The molecule has 0 spiro atoms. The molecule has 0 atom stereocenters.